The normalized spacial score (nSPS) is 11.0. The fourth-order valence-electron chi connectivity index (χ4n) is 4.25. The van der Waals surface area contributed by atoms with E-state index in [-0.39, 0.29) is 35.5 Å². The van der Waals surface area contributed by atoms with Crippen molar-refractivity contribution in [2.24, 2.45) is 5.92 Å². The standard InChI is InChI=1S/C29H35ClN4O4/c1-4-5-15-32(29(36)23-11-8-12-25(17-23)34(37)38)21-28(35)33(18-22(2)3)20-26-13-9-16-31(26)19-24-10-6-7-14-27(24)30/h6-14,16-17,22H,4-5,15,18-21H2,1-3H3. The first-order chi connectivity index (χ1) is 18.2. The molecule has 0 spiro atoms. The van der Waals surface area contributed by atoms with Crippen molar-refractivity contribution in [3.63, 3.8) is 0 Å². The van der Waals surface area contributed by atoms with E-state index in [0.717, 1.165) is 24.1 Å². The third-order valence-corrected chi connectivity index (χ3v) is 6.58. The number of unbranched alkanes of at least 4 members (excludes halogenated alkanes) is 1. The average molecular weight is 539 g/mol. The Balaban J connectivity index is 1.80. The molecule has 38 heavy (non-hydrogen) atoms. The Labute approximate surface area is 229 Å². The minimum absolute atomic E-state index is 0.0978. The van der Waals surface area contributed by atoms with E-state index < -0.39 is 4.92 Å². The van der Waals surface area contributed by atoms with E-state index in [4.69, 9.17) is 11.6 Å². The van der Waals surface area contributed by atoms with Crippen LogP contribution in [0.2, 0.25) is 5.02 Å². The summed E-state index contributed by atoms with van der Waals surface area (Å²) in [5.41, 5.74) is 2.00. The molecule has 2 aromatic carbocycles. The molecule has 1 heterocycles. The maximum Gasteiger partial charge on any atom is 0.270 e. The van der Waals surface area contributed by atoms with Gasteiger partial charge in [-0.05, 0) is 42.2 Å². The number of benzene rings is 2. The van der Waals surface area contributed by atoms with E-state index in [1.165, 1.54) is 23.1 Å². The zero-order valence-electron chi connectivity index (χ0n) is 22.2. The molecule has 0 aliphatic heterocycles. The summed E-state index contributed by atoms with van der Waals surface area (Å²) in [6.07, 6.45) is 3.53. The molecule has 0 atom stereocenters. The quantitative estimate of drug-likeness (QED) is 0.196. The number of nitro benzene ring substituents is 1. The second kappa shape index (κ2) is 13.8. The Morgan fingerprint density at radius 3 is 2.50 bits per heavy atom. The molecule has 9 heteroatoms. The minimum Gasteiger partial charge on any atom is -0.345 e. The van der Waals surface area contributed by atoms with Crippen LogP contribution in [-0.2, 0) is 17.9 Å². The van der Waals surface area contributed by atoms with Crippen molar-refractivity contribution in [3.05, 3.63) is 98.8 Å². The van der Waals surface area contributed by atoms with Gasteiger partial charge in [-0.1, -0.05) is 63.1 Å². The first kappa shape index (κ1) is 28.9. The highest BCUT2D eigenvalue weighted by Crippen LogP contribution is 2.19. The smallest absolute Gasteiger partial charge is 0.270 e. The Morgan fingerprint density at radius 2 is 1.82 bits per heavy atom. The van der Waals surface area contributed by atoms with Gasteiger partial charge in [-0.25, -0.2) is 0 Å². The number of carbonyl (C=O) groups excluding carboxylic acids is 2. The van der Waals surface area contributed by atoms with Gasteiger partial charge in [-0.3, -0.25) is 19.7 Å². The monoisotopic (exact) mass is 538 g/mol. The van der Waals surface area contributed by atoms with Gasteiger partial charge < -0.3 is 14.4 Å². The largest absolute Gasteiger partial charge is 0.345 e. The molecule has 202 valence electrons. The molecule has 0 aliphatic rings. The Kier molecular flexibility index (Phi) is 10.5. The summed E-state index contributed by atoms with van der Waals surface area (Å²) in [6.45, 7) is 7.90. The van der Waals surface area contributed by atoms with Gasteiger partial charge in [0.25, 0.3) is 11.6 Å². The second-order valence-electron chi connectivity index (χ2n) is 9.77. The minimum atomic E-state index is -0.527. The predicted octanol–water partition coefficient (Wildman–Crippen LogP) is 6.03. The zero-order chi connectivity index (χ0) is 27.7. The van der Waals surface area contributed by atoms with Crippen LogP contribution in [0.25, 0.3) is 0 Å². The number of nitrogens with zero attached hydrogens (tertiary/aromatic N) is 4. The summed E-state index contributed by atoms with van der Waals surface area (Å²) in [6, 6.07) is 17.3. The topological polar surface area (TPSA) is 88.7 Å². The summed E-state index contributed by atoms with van der Waals surface area (Å²) in [4.78, 5) is 40.9. The zero-order valence-corrected chi connectivity index (χ0v) is 22.9. The molecule has 3 aromatic rings. The fourth-order valence-corrected chi connectivity index (χ4v) is 4.44. The van der Waals surface area contributed by atoms with E-state index in [9.17, 15) is 19.7 Å². The van der Waals surface area contributed by atoms with E-state index in [2.05, 4.69) is 4.57 Å². The molecular formula is C29H35ClN4O4. The number of amides is 2. The molecule has 3 rings (SSSR count). The lowest BCUT2D eigenvalue weighted by atomic mass is 10.1. The molecule has 2 amide bonds. The summed E-state index contributed by atoms with van der Waals surface area (Å²) in [5.74, 6) is -0.330. The summed E-state index contributed by atoms with van der Waals surface area (Å²) < 4.78 is 2.07. The van der Waals surface area contributed by atoms with Crippen LogP contribution in [0.4, 0.5) is 5.69 Å². The Morgan fingerprint density at radius 1 is 1.05 bits per heavy atom. The first-order valence-electron chi connectivity index (χ1n) is 12.9. The van der Waals surface area contributed by atoms with Crippen molar-refractivity contribution in [3.8, 4) is 0 Å². The molecule has 0 unspecified atom stereocenters. The molecule has 0 N–H and O–H groups in total. The third-order valence-electron chi connectivity index (χ3n) is 6.21. The maximum atomic E-state index is 13.6. The van der Waals surface area contributed by atoms with Crippen molar-refractivity contribution in [1.29, 1.82) is 0 Å². The molecule has 1 aromatic heterocycles. The van der Waals surface area contributed by atoms with Gasteiger partial charge in [0.1, 0.15) is 6.54 Å². The average Bonchev–Trinajstić information content (AvgIpc) is 3.33. The van der Waals surface area contributed by atoms with Crippen molar-refractivity contribution in [2.45, 2.75) is 46.7 Å². The molecule has 0 radical (unpaired) electrons. The molecule has 0 fully saturated rings. The molecule has 0 saturated carbocycles. The molecule has 0 aliphatic carbocycles. The lowest BCUT2D eigenvalue weighted by Gasteiger charge is -2.29. The fraction of sp³-hybridized carbons (Fsp3) is 0.379. The number of hydrogen-bond acceptors (Lipinski definition) is 4. The van der Waals surface area contributed by atoms with Crippen LogP contribution >= 0.6 is 11.6 Å². The van der Waals surface area contributed by atoms with Crippen molar-refractivity contribution >= 4 is 29.1 Å². The van der Waals surface area contributed by atoms with Crippen LogP contribution in [0.5, 0.6) is 0 Å². The van der Waals surface area contributed by atoms with Gasteiger partial charge in [0.2, 0.25) is 5.91 Å². The SMILES string of the molecule is CCCCN(CC(=O)N(Cc1cccn1Cc1ccccc1Cl)CC(C)C)C(=O)c1cccc([N+](=O)[O-])c1. The number of aromatic nitrogens is 1. The van der Waals surface area contributed by atoms with Crippen LogP contribution < -0.4 is 0 Å². The van der Waals surface area contributed by atoms with Gasteiger partial charge in [0, 0.05) is 54.2 Å². The molecule has 0 saturated heterocycles. The van der Waals surface area contributed by atoms with E-state index in [1.54, 1.807) is 11.0 Å². The van der Waals surface area contributed by atoms with Crippen molar-refractivity contribution < 1.29 is 14.5 Å². The highest BCUT2D eigenvalue weighted by atomic mass is 35.5. The summed E-state index contributed by atoms with van der Waals surface area (Å²) >= 11 is 6.37. The predicted molar refractivity (Wildman–Crippen MR) is 149 cm³/mol. The van der Waals surface area contributed by atoms with Crippen LogP contribution in [-0.4, -0.2) is 50.7 Å². The molecule has 0 bridgehead atoms. The highest BCUT2D eigenvalue weighted by Gasteiger charge is 2.24. The third kappa shape index (κ3) is 7.92. The van der Waals surface area contributed by atoms with Crippen LogP contribution in [0.3, 0.4) is 0 Å². The first-order valence-corrected chi connectivity index (χ1v) is 13.3. The van der Waals surface area contributed by atoms with Crippen LogP contribution in [0.15, 0.2) is 66.9 Å². The molecule has 8 nitrogen and oxygen atoms in total. The number of rotatable bonds is 13. The van der Waals surface area contributed by atoms with Gasteiger partial charge in [0.15, 0.2) is 0 Å². The number of nitro groups is 1. The van der Waals surface area contributed by atoms with Gasteiger partial charge in [0.05, 0.1) is 11.5 Å². The summed E-state index contributed by atoms with van der Waals surface area (Å²) in [7, 11) is 0. The summed E-state index contributed by atoms with van der Waals surface area (Å²) in [5, 5.41) is 11.9. The number of hydrogen-bond donors (Lipinski definition) is 0. The number of halogens is 1. The van der Waals surface area contributed by atoms with Gasteiger partial charge >= 0.3 is 0 Å². The maximum absolute atomic E-state index is 13.6. The van der Waals surface area contributed by atoms with Crippen LogP contribution in [0, 0.1) is 16.0 Å². The van der Waals surface area contributed by atoms with E-state index in [0.29, 0.717) is 31.2 Å². The second-order valence-corrected chi connectivity index (χ2v) is 10.2. The van der Waals surface area contributed by atoms with Crippen molar-refractivity contribution in [2.75, 3.05) is 19.6 Å². The van der Waals surface area contributed by atoms with Crippen LogP contribution in [0.1, 0.15) is 55.2 Å². The van der Waals surface area contributed by atoms with E-state index >= 15 is 0 Å². The lowest BCUT2D eigenvalue weighted by molar-refractivity contribution is -0.384. The Bertz CT molecular complexity index is 1260. The lowest BCUT2D eigenvalue weighted by Crippen LogP contribution is -2.44. The Hall–Kier alpha value is -3.65. The molecular weight excluding hydrogens is 504 g/mol. The van der Waals surface area contributed by atoms with E-state index in [1.807, 2.05) is 63.4 Å². The van der Waals surface area contributed by atoms with Crippen molar-refractivity contribution in [1.82, 2.24) is 14.4 Å². The number of non-ortho nitro benzene ring substituents is 1. The van der Waals surface area contributed by atoms with Gasteiger partial charge in [-0.15, -0.1) is 0 Å². The number of carbonyl (C=O) groups is 2. The van der Waals surface area contributed by atoms with Gasteiger partial charge in [-0.2, -0.15) is 0 Å². The highest BCUT2D eigenvalue weighted by molar-refractivity contribution is 6.31.